The van der Waals surface area contributed by atoms with Crippen molar-refractivity contribution < 1.29 is 5.11 Å². The van der Waals surface area contributed by atoms with E-state index in [1.165, 1.54) is 4.88 Å². The summed E-state index contributed by atoms with van der Waals surface area (Å²) in [5.41, 5.74) is -0.222. The summed E-state index contributed by atoms with van der Waals surface area (Å²) in [6.07, 6.45) is 3.07. The van der Waals surface area contributed by atoms with E-state index in [2.05, 4.69) is 21.4 Å². The minimum absolute atomic E-state index is 0.124. The highest BCUT2D eigenvalue weighted by Gasteiger charge is 2.37. The van der Waals surface area contributed by atoms with Crippen LogP contribution < -0.4 is 5.32 Å². The zero-order chi connectivity index (χ0) is 12.8. The second kappa shape index (κ2) is 4.33. The molecule has 0 unspecified atom stereocenters. The smallest absolute Gasteiger partial charge is 0.225 e. The molecule has 2 heterocycles. The molecule has 0 bridgehead atoms. The van der Waals surface area contributed by atoms with E-state index in [0.717, 1.165) is 35.3 Å². The van der Waals surface area contributed by atoms with Crippen LogP contribution in [0.15, 0.2) is 6.07 Å². The van der Waals surface area contributed by atoms with Gasteiger partial charge in [0.25, 0.3) is 0 Å². The molecule has 1 aliphatic rings. The van der Waals surface area contributed by atoms with Gasteiger partial charge in [0.1, 0.15) is 10.6 Å². The monoisotopic (exact) mass is 283 g/mol. The standard InChI is InChI=1S/C12H14ClN3OS/c1-7-5-8-9(14-11(13)15-10(8)18-7)16-12(6-17)3-2-4-12/h5,17H,2-4,6H2,1H3,(H,14,15,16). The van der Waals surface area contributed by atoms with Gasteiger partial charge in [0.15, 0.2) is 0 Å². The summed E-state index contributed by atoms with van der Waals surface area (Å²) in [6.45, 7) is 2.16. The highest BCUT2D eigenvalue weighted by atomic mass is 35.5. The van der Waals surface area contributed by atoms with Crippen molar-refractivity contribution in [3.05, 3.63) is 16.2 Å². The van der Waals surface area contributed by atoms with Crippen molar-refractivity contribution in [2.24, 2.45) is 0 Å². The molecule has 4 nitrogen and oxygen atoms in total. The van der Waals surface area contributed by atoms with Crippen LogP contribution in [0.5, 0.6) is 0 Å². The lowest BCUT2D eigenvalue weighted by atomic mass is 9.77. The molecule has 0 amide bonds. The summed E-state index contributed by atoms with van der Waals surface area (Å²) >= 11 is 7.55. The van der Waals surface area contributed by atoms with E-state index < -0.39 is 0 Å². The lowest BCUT2D eigenvalue weighted by Crippen LogP contribution is -2.48. The van der Waals surface area contributed by atoms with Crippen molar-refractivity contribution in [3.63, 3.8) is 0 Å². The number of aromatic nitrogens is 2. The van der Waals surface area contributed by atoms with Crippen molar-refractivity contribution in [2.75, 3.05) is 11.9 Å². The molecule has 18 heavy (non-hydrogen) atoms. The van der Waals surface area contributed by atoms with Gasteiger partial charge in [-0.3, -0.25) is 0 Å². The van der Waals surface area contributed by atoms with Crippen LogP contribution in [-0.2, 0) is 0 Å². The van der Waals surface area contributed by atoms with E-state index in [1.807, 2.05) is 6.92 Å². The third-order valence-electron chi connectivity index (χ3n) is 3.49. The molecule has 0 aliphatic heterocycles. The normalized spacial score (nSPS) is 17.7. The van der Waals surface area contributed by atoms with Gasteiger partial charge in [-0.2, -0.15) is 0 Å². The molecule has 0 spiro atoms. The fraction of sp³-hybridized carbons (Fsp3) is 0.500. The Morgan fingerprint density at radius 2 is 2.28 bits per heavy atom. The molecule has 2 N–H and O–H groups in total. The van der Waals surface area contributed by atoms with E-state index in [-0.39, 0.29) is 17.4 Å². The highest BCUT2D eigenvalue weighted by molar-refractivity contribution is 7.18. The van der Waals surface area contributed by atoms with Gasteiger partial charge in [0, 0.05) is 4.88 Å². The zero-order valence-electron chi connectivity index (χ0n) is 10.0. The van der Waals surface area contributed by atoms with Gasteiger partial charge in [-0.05, 0) is 43.9 Å². The van der Waals surface area contributed by atoms with Crippen molar-refractivity contribution in [2.45, 2.75) is 31.7 Å². The summed E-state index contributed by atoms with van der Waals surface area (Å²) in [6, 6.07) is 2.06. The Labute approximate surface area is 114 Å². The van der Waals surface area contributed by atoms with Crippen LogP contribution in [0.2, 0.25) is 5.28 Å². The first-order valence-corrected chi connectivity index (χ1v) is 7.14. The molecule has 3 rings (SSSR count). The molecular weight excluding hydrogens is 270 g/mol. The first kappa shape index (κ1) is 12.1. The maximum absolute atomic E-state index is 9.51. The molecule has 6 heteroatoms. The van der Waals surface area contributed by atoms with Gasteiger partial charge in [-0.15, -0.1) is 11.3 Å². The summed E-state index contributed by atoms with van der Waals surface area (Å²) in [7, 11) is 0. The molecule has 0 saturated heterocycles. The summed E-state index contributed by atoms with van der Waals surface area (Å²) in [5.74, 6) is 0.739. The molecule has 0 aromatic carbocycles. The lowest BCUT2D eigenvalue weighted by Gasteiger charge is -2.41. The number of nitrogens with one attached hydrogen (secondary N) is 1. The Morgan fingerprint density at radius 1 is 1.50 bits per heavy atom. The Balaban J connectivity index is 2.04. The van der Waals surface area contributed by atoms with Crippen molar-refractivity contribution in [1.82, 2.24) is 9.97 Å². The maximum atomic E-state index is 9.51. The number of halogens is 1. The number of aryl methyl sites for hydroxylation is 1. The van der Waals surface area contributed by atoms with Crippen LogP contribution in [-0.4, -0.2) is 27.2 Å². The average Bonchev–Trinajstić information content (AvgIpc) is 2.63. The van der Waals surface area contributed by atoms with E-state index in [1.54, 1.807) is 11.3 Å². The Kier molecular flexibility index (Phi) is 2.92. The van der Waals surface area contributed by atoms with Gasteiger partial charge >= 0.3 is 0 Å². The van der Waals surface area contributed by atoms with E-state index in [9.17, 15) is 5.11 Å². The van der Waals surface area contributed by atoms with Crippen molar-refractivity contribution >= 4 is 39.0 Å². The number of aliphatic hydroxyl groups is 1. The first-order valence-electron chi connectivity index (χ1n) is 5.95. The van der Waals surface area contributed by atoms with Gasteiger partial charge in [0.2, 0.25) is 5.28 Å². The largest absolute Gasteiger partial charge is 0.394 e. The number of aliphatic hydroxyl groups excluding tert-OH is 1. The first-order chi connectivity index (χ1) is 8.62. The quantitative estimate of drug-likeness (QED) is 0.850. The second-order valence-electron chi connectivity index (χ2n) is 4.83. The van der Waals surface area contributed by atoms with Gasteiger partial charge in [-0.1, -0.05) is 0 Å². The Bertz CT molecular complexity index is 589. The Hall–Kier alpha value is -0.910. The fourth-order valence-corrected chi connectivity index (χ4v) is 3.39. The Morgan fingerprint density at radius 3 is 2.89 bits per heavy atom. The van der Waals surface area contributed by atoms with Gasteiger partial charge < -0.3 is 10.4 Å². The predicted octanol–water partition coefficient (Wildman–Crippen LogP) is 2.98. The third-order valence-corrected chi connectivity index (χ3v) is 4.60. The van der Waals surface area contributed by atoms with Gasteiger partial charge in [0.05, 0.1) is 17.5 Å². The number of anilines is 1. The fourth-order valence-electron chi connectivity index (χ4n) is 2.29. The molecule has 0 radical (unpaired) electrons. The molecule has 1 saturated carbocycles. The summed E-state index contributed by atoms with van der Waals surface area (Å²) in [4.78, 5) is 10.6. The molecule has 96 valence electrons. The van der Waals surface area contributed by atoms with Crippen LogP contribution >= 0.6 is 22.9 Å². The number of fused-ring (bicyclic) bond motifs is 1. The van der Waals surface area contributed by atoms with Crippen LogP contribution in [0.1, 0.15) is 24.1 Å². The topological polar surface area (TPSA) is 58.0 Å². The number of thiophene rings is 1. The summed E-state index contributed by atoms with van der Waals surface area (Å²) in [5, 5.41) is 14.1. The molecule has 1 aliphatic carbocycles. The molecule has 0 atom stereocenters. The second-order valence-corrected chi connectivity index (χ2v) is 6.41. The van der Waals surface area contributed by atoms with Crippen LogP contribution in [0.3, 0.4) is 0 Å². The zero-order valence-corrected chi connectivity index (χ0v) is 11.6. The number of hydrogen-bond donors (Lipinski definition) is 2. The third kappa shape index (κ3) is 1.96. The molecule has 2 aromatic heterocycles. The van der Waals surface area contributed by atoms with Crippen LogP contribution in [0, 0.1) is 6.92 Å². The van der Waals surface area contributed by atoms with Crippen molar-refractivity contribution in [1.29, 1.82) is 0 Å². The van der Waals surface area contributed by atoms with E-state index in [4.69, 9.17) is 11.6 Å². The lowest BCUT2D eigenvalue weighted by molar-refractivity contribution is 0.144. The molecule has 1 fully saturated rings. The molecule has 2 aromatic rings. The SMILES string of the molecule is Cc1cc2c(NC3(CO)CCC3)nc(Cl)nc2s1. The van der Waals surface area contributed by atoms with E-state index in [0.29, 0.717) is 0 Å². The number of nitrogens with zero attached hydrogens (tertiary/aromatic N) is 2. The summed E-state index contributed by atoms with van der Waals surface area (Å²) < 4.78 is 0. The number of hydrogen-bond acceptors (Lipinski definition) is 5. The molecular formula is C12H14ClN3OS. The average molecular weight is 284 g/mol. The minimum atomic E-state index is -0.222. The van der Waals surface area contributed by atoms with Crippen LogP contribution in [0.25, 0.3) is 10.2 Å². The number of rotatable bonds is 3. The minimum Gasteiger partial charge on any atom is -0.394 e. The highest BCUT2D eigenvalue weighted by Crippen LogP contribution is 2.37. The predicted molar refractivity (Wildman–Crippen MR) is 74.5 cm³/mol. The van der Waals surface area contributed by atoms with Gasteiger partial charge in [-0.25, -0.2) is 9.97 Å². The van der Waals surface area contributed by atoms with E-state index >= 15 is 0 Å². The van der Waals surface area contributed by atoms with Crippen LogP contribution in [0.4, 0.5) is 5.82 Å². The maximum Gasteiger partial charge on any atom is 0.225 e. The van der Waals surface area contributed by atoms with Crippen molar-refractivity contribution in [3.8, 4) is 0 Å².